The van der Waals surface area contributed by atoms with E-state index in [0.717, 1.165) is 48.3 Å². The number of aryl methyl sites for hydroxylation is 1. The Morgan fingerprint density at radius 1 is 1.25 bits per heavy atom. The van der Waals surface area contributed by atoms with Gasteiger partial charge in [0.25, 0.3) is 0 Å². The van der Waals surface area contributed by atoms with Crippen molar-refractivity contribution in [2.24, 2.45) is 5.92 Å². The van der Waals surface area contributed by atoms with Gasteiger partial charge in [-0.1, -0.05) is 7.43 Å². The second-order valence-corrected chi connectivity index (χ2v) is 5.70. The second-order valence-electron chi connectivity index (χ2n) is 5.70. The quantitative estimate of drug-likeness (QED) is 0.629. The van der Waals surface area contributed by atoms with E-state index >= 15 is 0 Å². The summed E-state index contributed by atoms with van der Waals surface area (Å²) < 4.78 is 5.49. The number of nitrogens with two attached hydrogens (primary N) is 1. The molecule has 1 aliphatic rings. The molecule has 1 fully saturated rings. The first kappa shape index (κ1) is 25.0. The Hall–Kier alpha value is -1.30. The molecule has 0 aromatic heterocycles. The number of anilines is 1. The number of benzene rings is 1. The topological polar surface area (TPSA) is 81.4 Å². The Morgan fingerprint density at radius 3 is 2.33 bits per heavy atom. The van der Waals surface area contributed by atoms with Gasteiger partial charge in [0.15, 0.2) is 0 Å². The van der Waals surface area contributed by atoms with Gasteiger partial charge < -0.3 is 20.6 Å². The molecule has 135 valence electrons. The number of esters is 1. The predicted molar refractivity (Wildman–Crippen MR) is 94.8 cm³/mol. The van der Waals surface area contributed by atoms with Gasteiger partial charge in [-0.15, -0.1) is 0 Å². The van der Waals surface area contributed by atoms with Crippen LogP contribution in [0.4, 0.5) is 5.69 Å². The molecule has 2 rings (SSSR count). The number of rotatable bonds is 3. The summed E-state index contributed by atoms with van der Waals surface area (Å²) in [5.41, 5.74) is 10.2. The molecular formula is C18H30N2O3V. The van der Waals surface area contributed by atoms with Crippen LogP contribution in [0.3, 0.4) is 0 Å². The van der Waals surface area contributed by atoms with E-state index in [9.17, 15) is 4.79 Å². The second kappa shape index (κ2) is 12.1. The molecule has 0 spiro atoms. The van der Waals surface area contributed by atoms with Crippen LogP contribution in [-0.2, 0) is 28.1 Å². The van der Waals surface area contributed by atoms with Crippen molar-refractivity contribution in [3.05, 3.63) is 28.3 Å². The van der Waals surface area contributed by atoms with Crippen LogP contribution in [0.2, 0.25) is 0 Å². The van der Waals surface area contributed by atoms with Gasteiger partial charge in [0.1, 0.15) is 6.79 Å². The molecule has 1 aliphatic heterocycles. The minimum absolute atomic E-state index is 0. The van der Waals surface area contributed by atoms with E-state index in [1.165, 1.54) is 0 Å². The monoisotopic (exact) mass is 373 g/mol. The first-order valence-electron chi connectivity index (χ1n) is 7.53. The van der Waals surface area contributed by atoms with Crippen molar-refractivity contribution in [1.29, 1.82) is 0 Å². The van der Waals surface area contributed by atoms with Crippen LogP contribution < -0.4 is 11.1 Å². The van der Waals surface area contributed by atoms with Crippen LogP contribution >= 0.6 is 0 Å². The zero-order chi connectivity index (χ0) is 16.7. The van der Waals surface area contributed by atoms with Crippen molar-refractivity contribution in [2.75, 3.05) is 25.4 Å². The summed E-state index contributed by atoms with van der Waals surface area (Å²) >= 11 is 0. The van der Waals surface area contributed by atoms with E-state index in [0.29, 0.717) is 18.1 Å². The molecule has 1 radical (unpaired) electrons. The van der Waals surface area contributed by atoms with Gasteiger partial charge in [-0.3, -0.25) is 0 Å². The number of carbonyl (C=O) groups is 2. The van der Waals surface area contributed by atoms with Crippen LogP contribution in [-0.4, -0.2) is 32.5 Å². The molecule has 5 nitrogen and oxygen atoms in total. The third-order valence-corrected chi connectivity index (χ3v) is 4.28. The first-order valence-corrected chi connectivity index (χ1v) is 7.53. The molecular weight excluding hydrogens is 343 g/mol. The fourth-order valence-electron chi connectivity index (χ4n) is 2.63. The number of carbonyl (C=O) groups excluding carboxylic acids is 2. The summed E-state index contributed by atoms with van der Waals surface area (Å²) in [6.07, 6.45) is 2.15. The molecule has 0 unspecified atom stereocenters. The Labute approximate surface area is 157 Å². The molecule has 6 heteroatoms. The molecule has 1 heterocycles. The first-order chi connectivity index (χ1) is 10.5. The predicted octanol–water partition coefficient (Wildman–Crippen LogP) is 2.80. The number of hydrogen-bond donors (Lipinski definition) is 2. The van der Waals surface area contributed by atoms with Crippen LogP contribution in [0.15, 0.2) is 6.07 Å². The van der Waals surface area contributed by atoms with Gasteiger partial charge in [-0.2, -0.15) is 0 Å². The van der Waals surface area contributed by atoms with E-state index in [1.54, 1.807) is 0 Å². The van der Waals surface area contributed by atoms with E-state index in [-0.39, 0.29) is 32.0 Å². The van der Waals surface area contributed by atoms with Gasteiger partial charge in [-0.05, 0) is 75.4 Å². The van der Waals surface area contributed by atoms with E-state index < -0.39 is 0 Å². The fraction of sp³-hybridized carbons (Fsp3) is 0.556. The number of nitrogens with one attached hydrogen (secondary N) is 1. The van der Waals surface area contributed by atoms with Gasteiger partial charge in [0, 0.05) is 24.2 Å². The van der Waals surface area contributed by atoms with E-state index in [4.69, 9.17) is 15.3 Å². The van der Waals surface area contributed by atoms with Gasteiger partial charge in [0.2, 0.25) is 0 Å². The summed E-state index contributed by atoms with van der Waals surface area (Å²) in [6, 6.07) is 1.84. The number of piperidine rings is 1. The molecule has 0 bridgehead atoms. The molecule has 0 saturated carbocycles. The molecule has 0 atom stereocenters. The molecule has 3 N–H and O–H groups in total. The zero-order valence-corrected chi connectivity index (χ0v) is 15.5. The molecule has 1 aromatic carbocycles. The Bertz CT molecular complexity index is 529. The van der Waals surface area contributed by atoms with Crippen LogP contribution in [0.1, 0.15) is 47.3 Å². The van der Waals surface area contributed by atoms with Crippen molar-refractivity contribution in [1.82, 2.24) is 5.32 Å². The number of ether oxygens (including phenoxy) is 1. The average Bonchev–Trinajstić information content (AvgIpc) is 2.57. The third kappa shape index (κ3) is 6.31. The maximum atomic E-state index is 12.2. The van der Waals surface area contributed by atoms with Crippen molar-refractivity contribution in [3.8, 4) is 0 Å². The van der Waals surface area contributed by atoms with Crippen LogP contribution in [0.25, 0.3) is 0 Å². The third-order valence-electron chi connectivity index (χ3n) is 4.28. The number of nitrogen functional groups attached to an aromatic ring is 1. The zero-order valence-electron chi connectivity index (χ0n) is 14.1. The minimum atomic E-state index is -0.229. The van der Waals surface area contributed by atoms with E-state index in [2.05, 4.69) is 5.32 Å². The molecule has 1 aromatic rings. The Morgan fingerprint density at radius 2 is 1.79 bits per heavy atom. The van der Waals surface area contributed by atoms with Crippen molar-refractivity contribution < 1.29 is 32.9 Å². The molecule has 0 aliphatic carbocycles. The van der Waals surface area contributed by atoms with Gasteiger partial charge >= 0.3 is 5.97 Å². The summed E-state index contributed by atoms with van der Waals surface area (Å²) in [6.45, 7) is 10.3. The van der Waals surface area contributed by atoms with Gasteiger partial charge in [0.05, 0.1) is 12.2 Å². The molecule has 1 saturated heterocycles. The average molecular weight is 373 g/mol. The Kier molecular flexibility index (Phi) is 12.6. The summed E-state index contributed by atoms with van der Waals surface area (Å²) in [4.78, 5) is 20.2. The van der Waals surface area contributed by atoms with Crippen molar-refractivity contribution in [3.63, 3.8) is 0 Å². The summed E-state index contributed by atoms with van der Waals surface area (Å²) in [5.74, 6) is 0.253. The SMILES string of the molecule is C.C=O.Cc1cc(C(=O)OCC2CCNCC2)c(C)c(C)c1N.[V]. The van der Waals surface area contributed by atoms with E-state index in [1.807, 2.05) is 33.6 Å². The number of hydrogen-bond acceptors (Lipinski definition) is 5. The van der Waals surface area contributed by atoms with Gasteiger partial charge in [-0.25, -0.2) is 4.79 Å². The summed E-state index contributed by atoms with van der Waals surface area (Å²) in [7, 11) is 0. The normalized spacial score (nSPS) is 13.6. The van der Waals surface area contributed by atoms with Crippen molar-refractivity contribution >= 4 is 18.4 Å². The van der Waals surface area contributed by atoms with Crippen LogP contribution in [0.5, 0.6) is 0 Å². The standard InChI is InChI=1S/C16H24N2O2.CH2O.CH4.V/c1-10-8-14(11(2)12(3)15(10)17)16(19)20-9-13-4-6-18-7-5-13;1-2;;/h8,13,18H,4-7,9,17H2,1-3H3;1H2;1H4;. The minimum Gasteiger partial charge on any atom is -0.462 e. The van der Waals surface area contributed by atoms with Crippen LogP contribution in [0, 0.1) is 26.7 Å². The smallest absolute Gasteiger partial charge is 0.338 e. The maximum Gasteiger partial charge on any atom is 0.338 e. The molecule has 0 amide bonds. The fourth-order valence-corrected chi connectivity index (χ4v) is 2.63. The van der Waals surface area contributed by atoms with Crippen molar-refractivity contribution in [2.45, 2.75) is 41.0 Å². The summed E-state index contributed by atoms with van der Waals surface area (Å²) in [5, 5.41) is 3.31. The Balaban J connectivity index is 0. The largest absolute Gasteiger partial charge is 0.462 e. The molecule has 24 heavy (non-hydrogen) atoms. The maximum absolute atomic E-state index is 12.2.